The molecule has 39 heavy (non-hydrogen) atoms. The molecule has 0 radical (unpaired) electrons. The summed E-state index contributed by atoms with van der Waals surface area (Å²) >= 11 is 1.15. The number of hydrogen-bond acceptors (Lipinski definition) is 14. The van der Waals surface area contributed by atoms with Gasteiger partial charge in [-0.2, -0.15) is 0 Å². The second kappa shape index (κ2) is 18.9. The number of ether oxygens (including phenoxy) is 1. The van der Waals surface area contributed by atoms with Gasteiger partial charge in [0.05, 0.1) is 49.8 Å². The standard InChI is InChI=1S/C25H43NO12S/c1-15(29)39-14-16-3-2-4-18(7-16)38-6-5-26(10-22(34)19(31)9-20(32)24(36)13-28)11-23(35)25(37)21(33)8-17(30)12-27/h2-4,7,17,19-25,27-28,30-37H,5-6,8-14H2,1H3/t17-,19-,20-,21+,22-,23-,24+,25-/m0/s1. The minimum atomic E-state index is -1.70. The van der Waals surface area contributed by atoms with Gasteiger partial charge in [-0.3, -0.25) is 9.69 Å². The van der Waals surface area contributed by atoms with Gasteiger partial charge in [-0.25, -0.2) is 0 Å². The normalized spacial score (nSPS) is 18.2. The van der Waals surface area contributed by atoms with E-state index in [0.717, 1.165) is 17.3 Å². The highest BCUT2D eigenvalue weighted by Crippen LogP contribution is 2.19. The molecule has 0 unspecified atom stereocenters. The van der Waals surface area contributed by atoms with Crippen LogP contribution in [-0.2, 0) is 10.5 Å². The fourth-order valence-corrected chi connectivity index (χ4v) is 4.20. The van der Waals surface area contributed by atoms with Gasteiger partial charge in [-0.15, -0.1) is 0 Å². The molecule has 0 aliphatic heterocycles. The van der Waals surface area contributed by atoms with Crippen molar-refractivity contribution in [2.75, 3.05) is 39.5 Å². The van der Waals surface area contributed by atoms with E-state index in [4.69, 9.17) is 14.9 Å². The topological polar surface area (TPSA) is 232 Å². The van der Waals surface area contributed by atoms with Crippen LogP contribution in [0.25, 0.3) is 0 Å². The lowest BCUT2D eigenvalue weighted by molar-refractivity contribution is -0.109. The van der Waals surface area contributed by atoms with Crippen molar-refractivity contribution >= 4 is 16.9 Å². The molecule has 0 fully saturated rings. The van der Waals surface area contributed by atoms with Gasteiger partial charge >= 0.3 is 0 Å². The minimum absolute atomic E-state index is 0.0205. The summed E-state index contributed by atoms with van der Waals surface area (Å²) in [5.41, 5.74) is 0.865. The Kier molecular flexibility index (Phi) is 17.2. The van der Waals surface area contributed by atoms with Crippen LogP contribution in [0.1, 0.15) is 25.3 Å². The lowest BCUT2D eigenvalue weighted by Crippen LogP contribution is -2.50. The van der Waals surface area contributed by atoms with Gasteiger partial charge in [0.25, 0.3) is 0 Å². The first-order valence-corrected chi connectivity index (χ1v) is 13.6. The zero-order valence-electron chi connectivity index (χ0n) is 21.9. The molecule has 0 amide bonds. The summed E-state index contributed by atoms with van der Waals surface area (Å²) in [6.07, 6.45) is -12.9. The molecule has 14 heteroatoms. The van der Waals surface area contributed by atoms with Gasteiger partial charge in [0, 0.05) is 45.2 Å². The summed E-state index contributed by atoms with van der Waals surface area (Å²) in [6.45, 7) is -0.333. The Hall–Kier alpha value is -1.40. The molecule has 13 nitrogen and oxygen atoms in total. The van der Waals surface area contributed by atoms with Crippen molar-refractivity contribution < 1.29 is 60.6 Å². The molecule has 0 saturated heterocycles. The third-order valence-corrected chi connectivity index (χ3v) is 6.86. The molecule has 226 valence electrons. The number of aliphatic hydroxyl groups excluding tert-OH is 10. The van der Waals surface area contributed by atoms with E-state index in [1.54, 1.807) is 18.2 Å². The molecule has 10 N–H and O–H groups in total. The zero-order valence-corrected chi connectivity index (χ0v) is 22.8. The summed E-state index contributed by atoms with van der Waals surface area (Å²) < 4.78 is 5.76. The Labute approximate surface area is 231 Å². The van der Waals surface area contributed by atoms with E-state index in [9.17, 15) is 45.6 Å². The van der Waals surface area contributed by atoms with Crippen molar-refractivity contribution in [3.8, 4) is 5.75 Å². The molecular weight excluding hydrogens is 538 g/mol. The number of benzene rings is 1. The van der Waals surface area contributed by atoms with Crippen molar-refractivity contribution in [1.29, 1.82) is 0 Å². The SMILES string of the molecule is CC(=O)SCc1cccc(OCCN(C[C@H](O)[C@@H](O)[C@H](O)C[C@H](O)CO)C[C@H](O)[C@@H](O)C[C@H](O)[C@H](O)CO)c1. The van der Waals surface area contributed by atoms with E-state index in [1.165, 1.54) is 11.8 Å². The van der Waals surface area contributed by atoms with Crippen molar-refractivity contribution in [1.82, 2.24) is 4.90 Å². The van der Waals surface area contributed by atoms with Crippen molar-refractivity contribution in [3.63, 3.8) is 0 Å². The van der Waals surface area contributed by atoms with Crippen molar-refractivity contribution in [3.05, 3.63) is 29.8 Å². The summed E-state index contributed by atoms with van der Waals surface area (Å²) in [4.78, 5) is 12.7. The molecule has 1 aromatic rings. The van der Waals surface area contributed by atoms with E-state index < -0.39 is 68.5 Å². The summed E-state index contributed by atoms with van der Waals surface area (Å²) in [6, 6.07) is 7.07. The minimum Gasteiger partial charge on any atom is -0.492 e. The Morgan fingerprint density at radius 2 is 1.49 bits per heavy atom. The van der Waals surface area contributed by atoms with Gasteiger partial charge in [-0.1, -0.05) is 23.9 Å². The van der Waals surface area contributed by atoms with Gasteiger partial charge in [0.2, 0.25) is 0 Å². The maximum atomic E-state index is 11.2. The molecule has 0 aliphatic rings. The predicted molar refractivity (Wildman–Crippen MR) is 142 cm³/mol. The number of hydrogen-bond donors (Lipinski definition) is 10. The Balaban J connectivity index is 2.85. The second-order valence-corrected chi connectivity index (χ2v) is 10.6. The molecule has 0 spiro atoms. The average Bonchev–Trinajstić information content (AvgIpc) is 2.90. The van der Waals surface area contributed by atoms with Crippen molar-refractivity contribution in [2.24, 2.45) is 0 Å². The van der Waals surface area contributed by atoms with Crippen LogP contribution in [0.3, 0.4) is 0 Å². The van der Waals surface area contributed by atoms with Gasteiger partial charge in [0.1, 0.15) is 24.6 Å². The van der Waals surface area contributed by atoms with Crippen molar-refractivity contribution in [2.45, 2.75) is 74.3 Å². The Morgan fingerprint density at radius 1 is 0.846 bits per heavy atom. The van der Waals surface area contributed by atoms with Crippen LogP contribution in [0, 0.1) is 0 Å². The fraction of sp³-hybridized carbons (Fsp3) is 0.720. The molecule has 0 aliphatic carbocycles. The number of nitrogens with zero attached hydrogens (tertiary/aromatic N) is 1. The molecular formula is C25H43NO12S. The maximum Gasteiger partial charge on any atom is 0.186 e. The monoisotopic (exact) mass is 581 g/mol. The first-order valence-electron chi connectivity index (χ1n) is 12.6. The molecule has 1 rings (SSSR count). The highest BCUT2D eigenvalue weighted by atomic mass is 32.2. The number of carbonyl (C=O) groups is 1. The van der Waals surface area contributed by atoms with E-state index >= 15 is 0 Å². The smallest absolute Gasteiger partial charge is 0.186 e. The van der Waals surface area contributed by atoms with E-state index in [0.29, 0.717) is 11.5 Å². The number of aliphatic hydroxyl groups is 10. The van der Waals surface area contributed by atoms with E-state index in [1.807, 2.05) is 6.07 Å². The lowest BCUT2D eigenvalue weighted by atomic mass is 10.0. The molecule has 1 aromatic carbocycles. The van der Waals surface area contributed by atoms with Crippen LogP contribution < -0.4 is 4.74 Å². The van der Waals surface area contributed by atoms with E-state index in [-0.39, 0.29) is 37.8 Å². The highest BCUT2D eigenvalue weighted by Gasteiger charge is 2.30. The quantitative estimate of drug-likeness (QED) is 0.0731. The summed E-state index contributed by atoms with van der Waals surface area (Å²) in [5, 5.41) is 98.3. The number of carbonyl (C=O) groups excluding carboxylic acids is 1. The first-order chi connectivity index (χ1) is 18.4. The molecule has 8 atom stereocenters. The predicted octanol–water partition coefficient (Wildman–Crippen LogP) is -3.20. The molecule has 0 saturated carbocycles. The van der Waals surface area contributed by atoms with Gasteiger partial charge in [-0.05, 0) is 17.7 Å². The molecule has 0 heterocycles. The van der Waals surface area contributed by atoms with Crippen LogP contribution in [-0.4, -0.2) is 149 Å². The summed E-state index contributed by atoms with van der Waals surface area (Å²) in [5.74, 6) is 0.976. The largest absolute Gasteiger partial charge is 0.492 e. The van der Waals surface area contributed by atoms with Crippen LogP contribution in [0.5, 0.6) is 5.75 Å². The van der Waals surface area contributed by atoms with E-state index in [2.05, 4.69) is 0 Å². The zero-order chi connectivity index (χ0) is 29.5. The molecule has 0 aromatic heterocycles. The number of thioether (sulfide) groups is 1. The second-order valence-electron chi connectivity index (χ2n) is 9.42. The van der Waals surface area contributed by atoms with Crippen LogP contribution in [0.15, 0.2) is 24.3 Å². The highest BCUT2D eigenvalue weighted by molar-refractivity contribution is 8.12. The fourth-order valence-electron chi connectivity index (χ4n) is 3.65. The van der Waals surface area contributed by atoms with Gasteiger partial charge in [0.15, 0.2) is 5.12 Å². The third-order valence-electron chi connectivity index (χ3n) is 5.98. The van der Waals surface area contributed by atoms with Crippen LogP contribution in [0.2, 0.25) is 0 Å². The van der Waals surface area contributed by atoms with Gasteiger partial charge < -0.3 is 55.8 Å². The number of rotatable bonds is 20. The van der Waals surface area contributed by atoms with Crippen LogP contribution >= 0.6 is 11.8 Å². The maximum absolute atomic E-state index is 11.2. The van der Waals surface area contributed by atoms with Crippen LogP contribution in [0.4, 0.5) is 0 Å². The Morgan fingerprint density at radius 3 is 2.10 bits per heavy atom. The average molecular weight is 582 g/mol. The third kappa shape index (κ3) is 14.2. The Bertz CT molecular complexity index is 821. The molecule has 0 bridgehead atoms. The lowest BCUT2D eigenvalue weighted by Gasteiger charge is -2.32. The summed E-state index contributed by atoms with van der Waals surface area (Å²) in [7, 11) is 0. The first kappa shape index (κ1) is 35.6.